The minimum atomic E-state index is -3.51. The average Bonchev–Trinajstić information content (AvgIpc) is 3.36. The number of carbonyl (C=O) groups is 3. The minimum Gasteiger partial charge on any atom is -0.480 e. The number of carboxylic acids is 1. The summed E-state index contributed by atoms with van der Waals surface area (Å²) in [5, 5.41) is 12.3. The number of halogens is 2. The highest BCUT2D eigenvalue weighted by Crippen LogP contribution is 2.33. The van der Waals surface area contributed by atoms with Gasteiger partial charge < -0.3 is 15.3 Å². The summed E-state index contributed by atoms with van der Waals surface area (Å²) in [7, 11) is -1.88. The Balaban J connectivity index is 1.54. The lowest BCUT2D eigenvalue weighted by Gasteiger charge is -2.22. The van der Waals surface area contributed by atoms with E-state index in [0.717, 1.165) is 11.8 Å². The Bertz CT molecular complexity index is 1720. The van der Waals surface area contributed by atoms with Gasteiger partial charge in [-0.25, -0.2) is 23.2 Å². The molecule has 3 aromatic rings. The van der Waals surface area contributed by atoms with Crippen LogP contribution in [-0.2, 0) is 45.2 Å². The monoisotopic (exact) mass is 630 g/mol. The molecule has 1 aliphatic heterocycles. The molecule has 2 N–H and O–H groups in total. The molecule has 0 fully saturated rings. The average molecular weight is 632 g/mol. The van der Waals surface area contributed by atoms with Gasteiger partial charge in [0, 0.05) is 44.5 Å². The third kappa shape index (κ3) is 6.80. The second kappa shape index (κ2) is 12.6. The smallest absolute Gasteiger partial charge is 0.326 e. The summed E-state index contributed by atoms with van der Waals surface area (Å²) in [6.45, 7) is 1.97. The molecule has 1 aromatic heterocycles. The van der Waals surface area contributed by atoms with Crippen LogP contribution in [0, 0.1) is 0 Å². The molecule has 0 saturated carbocycles. The second-order valence-electron chi connectivity index (χ2n) is 9.91. The van der Waals surface area contributed by atoms with Gasteiger partial charge >= 0.3 is 5.97 Å². The minimum absolute atomic E-state index is 0.0106. The van der Waals surface area contributed by atoms with Crippen LogP contribution in [0.4, 0.5) is 5.82 Å². The van der Waals surface area contributed by atoms with Crippen molar-refractivity contribution in [3.8, 4) is 0 Å². The van der Waals surface area contributed by atoms with Crippen molar-refractivity contribution < 1.29 is 27.9 Å². The van der Waals surface area contributed by atoms with Crippen LogP contribution in [0.15, 0.2) is 58.5 Å². The van der Waals surface area contributed by atoms with Gasteiger partial charge in [0.1, 0.15) is 11.8 Å². The van der Waals surface area contributed by atoms with E-state index in [1.54, 1.807) is 31.4 Å². The maximum Gasteiger partial charge on any atom is 0.326 e. The number of nitrogens with one attached hydrogen (secondary N) is 1. The summed E-state index contributed by atoms with van der Waals surface area (Å²) >= 11 is 13.2. The molecule has 13 heteroatoms. The van der Waals surface area contributed by atoms with Crippen LogP contribution < -0.4 is 5.32 Å². The second-order valence-corrected chi connectivity index (χ2v) is 12.7. The van der Waals surface area contributed by atoms with Gasteiger partial charge in [0.2, 0.25) is 0 Å². The number of aromatic nitrogens is 1. The molecule has 0 spiro atoms. The SMILES string of the molecule is CCc1c(CN(C)C(=O)C2=Nc3ncccc3C2)cc(Cl)c(C(=O)N[C@@H](Cc2cccc(S(C)(=O)=O)c2)C(=O)O)c1Cl. The Labute approximate surface area is 253 Å². The fourth-order valence-corrected chi connectivity index (χ4v) is 6.19. The van der Waals surface area contributed by atoms with Gasteiger partial charge in [-0.15, -0.1) is 0 Å². The number of nitrogens with zero attached hydrogens (tertiary/aromatic N) is 3. The lowest BCUT2D eigenvalue weighted by Crippen LogP contribution is -2.42. The summed E-state index contributed by atoms with van der Waals surface area (Å²) in [5.41, 5.74) is 2.75. The normalized spacial score (nSPS) is 13.2. The first kappa shape index (κ1) is 31.1. The van der Waals surface area contributed by atoms with Crippen LogP contribution >= 0.6 is 23.2 Å². The Morgan fingerprint density at radius 3 is 2.52 bits per heavy atom. The zero-order chi connectivity index (χ0) is 30.8. The maximum absolute atomic E-state index is 13.3. The first-order chi connectivity index (χ1) is 19.8. The van der Waals surface area contributed by atoms with E-state index >= 15 is 0 Å². The molecule has 4 rings (SSSR count). The van der Waals surface area contributed by atoms with Crippen LogP contribution in [0.1, 0.15) is 39.5 Å². The molecular formula is C29H28Cl2N4O6S. The number of pyridine rings is 1. The van der Waals surface area contributed by atoms with Crippen LogP contribution in [0.3, 0.4) is 0 Å². The number of rotatable bonds is 10. The number of hydrogen-bond donors (Lipinski definition) is 2. The predicted molar refractivity (Wildman–Crippen MR) is 159 cm³/mol. The Kier molecular flexibility index (Phi) is 9.34. The van der Waals surface area contributed by atoms with Gasteiger partial charge in [0.25, 0.3) is 11.8 Å². The quantitative estimate of drug-likeness (QED) is 0.343. The van der Waals surface area contributed by atoms with E-state index in [-0.39, 0.29) is 39.4 Å². The summed E-state index contributed by atoms with van der Waals surface area (Å²) in [6, 6.07) is 9.66. The van der Waals surface area contributed by atoms with Crippen molar-refractivity contribution in [3.63, 3.8) is 0 Å². The Morgan fingerprint density at radius 2 is 1.88 bits per heavy atom. The molecule has 42 heavy (non-hydrogen) atoms. The number of hydrogen-bond acceptors (Lipinski definition) is 7. The van der Waals surface area contributed by atoms with E-state index in [1.807, 2.05) is 13.0 Å². The van der Waals surface area contributed by atoms with E-state index in [0.29, 0.717) is 41.1 Å². The molecule has 220 valence electrons. The number of fused-ring (bicyclic) bond motifs is 1. The molecule has 10 nitrogen and oxygen atoms in total. The Hall–Kier alpha value is -3.80. The van der Waals surface area contributed by atoms with Crippen LogP contribution in [0.2, 0.25) is 10.0 Å². The number of sulfone groups is 1. The number of aliphatic carboxylic acids is 1. The fourth-order valence-electron chi connectivity index (χ4n) is 4.70. The van der Waals surface area contributed by atoms with Crippen molar-refractivity contribution in [2.75, 3.05) is 13.3 Å². The van der Waals surface area contributed by atoms with Crippen molar-refractivity contribution in [2.24, 2.45) is 4.99 Å². The fraction of sp³-hybridized carbons (Fsp3) is 0.276. The lowest BCUT2D eigenvalue weighted by atomic mass is 9.99. The highest BCUT2D eigenvalue weighted by Gasteiger charge is 2.28. The van der Waals surface area contributed by atoms with E-state index in [9.17, 15) is 27.9 Å². The molecule has 0 aliphatic carbocycles. The predicted octanol–water partition coefficient (Wildman–Crippen LogP) is 4.07. The molecule has 2 aromatic carbocycles. The van der Waals surface area contributed by atoms with E-state index < -0.39 is 27.8 Å². The summed E-state index contributed by atoms with van der Waals surface area (Å²) in [6.07, 6.45) is 3.27. The van der Waals surface area contributed by atoms with Crippen molar-refractivity contribution in [1.82, 2.24) is 15.2 Å². The lowest BCUT2D eigenvalue weighted by molar-refractivity contribution is -0.139. The first-order valence-electron chi connectivity index (χ1n) is 12.9. The molecule has 2 amide bonds. The third-order valence-corrected chi connectivity index (χ3v) is 8.66. The summed E-state index contributed by atoms with van der Waals surface area (Å²) in [4.78, 5) is 48.5. The molecule has 0 saturated heterocycles. The van der Waals surface area contributed by atoms with Crippen molar-refractivity contribution >= 4 is 62.4 Å². The zero-order valence-corrected chi connectivity index (χ0v) is 25.3. The van der Waals surface area contributed by atoms with Gasteiger partial charge in [0.05, 0.1) is 20.5 Å². The topological polar surface area (TPSA) is 146 Å². The molecule has 1 atom stereocenters. The van der Waals surface area contributed by atoms with Crippen LogP contribution in [-0.4, -0.2) is 66.2 Å². The number of carbonyl (C=O) groups excluding carboxylic acids is 2. The number of amides is 2. The molecule has 0 bridgehead atoms. The largest absolute Gasteiger partial charge is 0.480 e. The van der Waals surface area contributed by atoms with E-state index in [1.165, 1.54) is 23.1 Å². The highest BCUT2D eigenvalue weighted by atomic mass is 35.5. The van der Waals surface area contributed by atoms with Gasteiger partial charge in [0.15, 0.2) is 15.7 Å². The number of aliphatic imine (C=N–C) groups is 1. The number of benzene rings is 2. The summed E-state index contributed by atoms with van der Waals surface area (Å²) < 4.78 is 23.8. The Morgan fingerprint density at radius 1 is 1.14 bits per heavy atom. The van der Waals surface area contributed by atoms with Gasteiger partial charge in [-0.1, -0.05) is 48.3 Å². The molecule has 2 heterocycles. The van der Waals surface area contributed by atoms with Crippen molar-refractivity contribution in [3.05, 3.63) is 86.5 Å². The first-order valence-corrected chi connectivity index (χ1v) is 15.5. The third-order valence-electron chi connectivity index (χ3n) is 6.83. The standard InChI is InChI=1S/C29H28Cl2N4O6S/c1-4-20-18(15-35(2)28(37)22-14-17-8-6-10-32-26(17)33-22)13-21(30)24(25(20)31)27(36)34-23(29(38)39)12-16-7-5-9-19(11-16)42(3,40)41/h5-11,13,23H,4,12,14-15H2,1-3H3,(H,34,36)(H,38,39)/t23-/m0/s1. The highest BCUT2D eigenvalue weighted by molar-refractivity contribution is 7.90. The summed E-state index contributed by atoms with van der Waals surface area (Å²) in [5.74, 6) is -1.88. The van der Waals surface area contributed by atoms with Crippen molar-refractivity contribution in [2.45, 2.75) is 43.7 Å². The van der Waals surface area contributed by atoms with E-state index in [4.69, 9.17) is 23.2 Å². The number of carboxylic acid groups (broad SMARTS) is 1. The van der Waals surface area contributed by atoms with E-state index in [2.05, 4.69) is 15.3 Å². The van der Waals surface area contributed by atoms with Gasteiger partial charge in [-0.05, 0) is 47.4 Å². The van der Waals surface area contributed by atoms with Gasteiger partial charge in [-0.2, -0.15) is 0 Å². The van der Waals surface area contributed by atoms with Crippen molar-refractivity contribution in [1.29, 1.82) is 0 Å². The van der Waals surface area contributed by atoms with Gasteiger partial charge in [-0.3, -0.25) is 9.59 Å². The maximum atomic E-state index is 13.3. The molecule has 0 unspecified atom stereocenters. The molecular weight excluding hydrogens is 603 g/mol. The van der Waals surface area contributed by atoms with Crippen LogP contribution in [0.5, 0.6) is 0 Å². The molecule has 1 aliphatic rings. The molecule has 0 radical (unpaired) electrons. The zero-order valence-electron chi connectivity index (χ0n) is 23.0. The van der Waals surface area contributed by atoms with Crippen LogP contribution in [0.25, 0.3) is 0 Å².